The van der Waals surface area contributed by atoms with E-state index in [2.05, 4.69) is 25.6 Å². The second-order valence-electron chi connectivity index (χ2n) is 4.32. The van der Waals surface area contributed by atoms with Crippen molar-refractivity contribution in [3.8, 4) is 0 Å². The van der Waals surface area contributed by atoms with Crippen LogP contribution in [0.15, 0.2) is 46.0 Å². The molecule has 0 aliphatic carbocycles. The second-order valence-corrected chi connectivity index (χ2v) is 7.28. The van der Waals surface area contributed by atoms with Gasteiger partial charge < -0.3 is 5.73 Å². The minimum absolute atomic E-state index is 0.0266. The van der Waals surface area contributed by atoms with Crippen LogP contribution in [0.2, 0.25) is 5.02 Å². The lowest BCUT2D eigenvalue weighted by molar-refractivity contribution is 0.581. The van der Waals surface area contributed by atoms with Crippen LogP contribution >= 0.6 is 27.5 Å². The zero-order chi connectivity index (χ0) is 15.5. The van der Waals surface area contributed by atoms with Gasteiger partial charge in [-0.2, -0.15) is 0 Å². The first-order valence-electron chi connectivity index (χ1n) is 6.03. The van der Waals surface area contributed by atoms with E-state index in [4.69, 9.17) is 17.3 Å². The molecule has 1 heterocycles. The number of sulfonamides is 1. The van der Waals surface area contributed by atoms with E-state index in [0.29, 0.717) is 10.9 Å². The van der Waals surface area contributed by atoms with E-state index in [-0.39, 0.29) is 22.2 Å². The molecule has 1 aromatic carbocycles. The highest BCUT2D eigenvalue weighted by molar-refractivity contribution is 9.10. The van der Waals surface area contributed by atoms with Crippen molar-refractivity contribution in [1.29, 1.82) is 0 Å². The van der Waals surface area contributed by atoms with Gasteiger partial charge in [-0.05, 0) is 46.1 Å². The minimum Gasteiger partial charge on any atom is -0.398 e. The Morgan fingerprint density at radius 3 is 2.81 bits per heavy atom. The molecule has 3 N–H and O–H groups in total. The number of anilines is 1. The molecule has 8 heteroatoms. The van der Waals surface area contributed by atoms with Gasteiger partial charge in [-0.15, -0.1) is 0 Å². The van der Waals surface area contributed by atoms with Gasteiger partial charge >= 0.3 is 0 Å². The Kier molecular flexibility index (Phi) is 5.21. The first-order valence-corrected chi connectivity index (χ1v) is 8.68. The Hall–Kier alpha value is -1.15. The van der Waals surface area contributed by atoms with E-state index >= 15 is 0 Å². The number of aromatic nitrogens is 1. The maximum absolute atomic E-state index is 12.3. The standard InChI is InChI=1S/C13H13BrClN3O2S/c14-13-11(16)6-10(15)7-12(13)21(19,20)18-5-3-9-2-1-4-17-8-9/h1-2,4,6-8,18H,3,5,16H2. The van der Waals surface area contributed by atoms with E-state index in [9.17, 15) is 8.42 Å². The molecule has 0 fully saturated rings. The largest absolute Gasteiger partial charge is 0.398 e. The van der Waals surface area contributed by atoms with E-state index in [1.807, 2.05) is 6.07 Å². The predicted octanol–water partition coefficient (Wildman–Crippen LogP) is 2.60. The molecule has 2 aromatic rings. The molecule has 0 unspecified atom stereocenters. The fraction of sp³-hybridized carbons (Fsp3) is 0.154. The Morgan fingerprint density at radius 1 is 1.38 bits per heavy atom. The second kappa shape index (κ2) is 6.74. The van der Waals surface area contributed by atoms with Crippen LogP contribution in [0, 0.1) is 0 Å². The molecule has 21 heavy (non-hydrogen) atoms. The van der Waals surface area contributed by atoms with Crippen LogP contribution in [0.5, 0.6) is 0 Å². The molecule has 0 atom stereocenters. The van der Waals surface area contributed by atoms with Crippen molar-refractivity contribution >= 4 is 43.2 Å². The predicted molar refractivity (Wildman–Crippen MR) is 86.7 cm³/mol. The van der Waals surface area contributed by atoms with E-state index in [1.165, 1.54) is 12.1 Å². The quantitative estimate of drug-likeness (QED) is 0.769. The van der Waals surface area contributed by atoms with E-state index < -0.39 is 10.0 Å². The maximum Gasteiger partial charge on any atom is 0.241 e. The number of nitrogen functional groups attached to an aromatic ring is 1. The third kappa shape index (κ3) is 4.16. The van der Waals surface area contributed by atoms with Crippen LogP contribution in [0.1, 0.15) is 5.56 Å². The van der Waals surface area contributed by atoms with Crippen molar-refractivity contribution in [3.05, 3.63) is 51.7 Å². The molecule has 0 saturated carbocycles. The normalized spacial score (nSPS) is 11.5. The molecule has 0 amide bonds. The summed E-state index contributed by atoms with van der Waals surface area (Å²) in [6, 6.07) is 6.53. The molecule has 112 valence electrons. The summed E-state index contributed by atoms with van der Waals surface area (Å²) < 4.78 is 27.4. The summed E-state index contributed by atoms with van der Waals surface area (Å²) in [6.45, 7) is 0.257. The van der Waals surface area contributed by atoms with Crippen molar-refractivity contribution in [2.45, 2.75) is 11.3 Å². The SMILES string of the molecule is Nc1cc(Cl)cc(S(=O)(=O)NCCc2cccnc2)c1Br. The van der Waals surface area contributed by atoms with Gasteiger partial charge in [0.05, 0.1) is 9.37 Å². The van der Waals surface area contributed by atoms with Gasteiger partial charge in [0.1, 0.15) is 0 Å². The maximum atomic E-state index is 12.3. The molecule has 0 spiro atoms. The zero-order valence-corrected chi connectivity index (χ0v) is 14.0. The molecular weight excluding hydrogens is 378 g/mol. The van der Waals surface area contributed by atoms with Gasteiger partial charge in [0, 0.05) is 29.6 Å². The Morgan fingerprint density at radius 2 is 2.14 bits per heavy atom. The summed E-state index contributed by atoms with van der Waals surface area (Å²) in [5, 5.41) is 0.267. The molecule has 0 aliphatic rings. The van der Waals surface area contributed by atoms with Crippen LogP contribution < -0.4 is 10.5 Å². The first-order chi connectivity index (χ1) is 9.90. The van der Waals surface area contributed by atoms with Crippen molar-refractivity contribution in [2.24, 2.45) is 0 Å². The summed E-state index contributed by atoms with van der Waals surface area (Å²) >= 11 is 9.03. The fourth-order valence-corrected chi connectivity index (χ4v) is 4.06. The van der Waals surface area contributed by atoms with Crippen LogP contribution in [0.4, 0.5) is 5.69 Å². The molecule has 0 saturated heterocycles. The summed E-state index contributed by atoms with van der Waals surface area (Å²) in [6.07, 6.45) is 3.90. The van der Waals surface area contributed by atoms with Crippen LogP contribution in [0.3, 0.4) is 0 Å². The van der Waals surface area contributed by atoms with Gasteiger partial charge in [-0.1, -0.05) is 17.7 Å². The average molecular weight is 391 g/mol. The van der Waals surface area contributed by atoms with Crippen LogP contribution in [0.25, 0.3) is 0 Å². The van der Waals surface area contributed by atoms with Crippen molar-refractivity contribution in [2.75, 3.05) is 12.3 Å². The topological polar surface area (TPSA) is 85.1 Å². The highest BCUT2D eigenvalue weighted by Gasteiger charge is 2.19. The fourth-order valence-electron chi connectivity index (χ4n) is 1.73. The summed E-state index contributed by atoms with van der Waals surface area (Å²) in [5.41, 5.74) is 6.93. The number of benzene rings is 1. The molecule has 2 rings (SSSR count). The lowest BCUT2D eigenvalue weighted by atomic mass is 10.2. The van der Waals surface area contributed by atoms with Gasteiger partial charge in [0.25, 0.3) is 0 Å². The smallest absolute Gasteiger partial charge is 0.241 e. The Balaban J connectivity index is 2.12. The monoisotopic (exact) mass is 389 g/mol. The number of nitrogens with two attached hydrogens (primary N) is 1. The zero-order valence-electron chi connectivity index (χ0n) is 10.9. The number of hydrogen-bond donors (Lipinski definition) is 2. The molecule has 0 aliphatic heterocycles. The highest BCUT2D eigenvalue weighted by Crippen LogP contribution is 2.31. The Bertz CT molecular complexity index is 739. The number of nitrogens with one attached hydrogen (secondary N) is 1. The molecule has 5 nitrogen and oxygen atoms in total. The summed E-state index contributed by atoms with van der Waals surface area (Å²) in [5.74, 6) is 0. The summed E-state index contributed by atoms with van der Waals surface area (Å²) in [4.78, 5) is 4.00. The molecule has 0 radical (unpaired) electrons. The van der Waals surface area contributed by atoms with Crippen molar-refractivity contribution < 1.29 is 8.42 Å². The van der Waals surface area contributed by atoms with Crippen molar-refractivity contribution in [1.82, 2.24) is 9.71 Å². The number of halogens is 2. The molecule has 1 aromatic heterocycles. The van der Waals surface area contributed by atoms with Crippen LogP contribution in [-0.4, -0.2) is 19.9 Å². The van der Waals surface area contributed by atoms with Gasteiger partial charge in [-0.25, -0.2) is 13.1 Å². The number of hydrogen-bond acceptors (Lipinski definition) is 4. The molecular formula is C13H13BrClN3O2S. The number of rotatable bonds is 5. The van der Waals surface area contributed by atoms with Gasteiger partial charge in [-0.3, -0.25) is 4.98 Å². The summed E-state index contributed by atoms with van der Waals surface area (Å²) in [7, 11) is -3.69. The van der Waals surface area contributed by atoms with E-state index in [1.54, 1.807) is 18.5 Å². The van der Waals surface area contributed by atoms with Crippen LogP contribution in [-0.2, 0) is 16.4 Å². The van der Waals surface area contributed by atoms with Gasteiger partial charge in [0.2, 0.25) is 10.0 Å². The van der Waals surface area contributed by atoms with Gasteiger partial charge in [0.15, 0.2) is 0 Å². The lowest BCUT2D eigenvalue weighted by Gasteiger charge is -2.10. The lowest BCUT2D eigenvalue weighted by Crippen LogP contribution is -2.26. The molecule has 0 bridgehead atoms. The Labute approximate surface area is 136 Å². The van der Waals surface area contributed by atoms with Crippen molar-refractivity contribution in [3.63, 3.8) is 0 Å². The number of nitrogens with zero attached hydrogens (tertiary/aromatic N) is 1. The highest BCUT2D eigenvalue weighted by atomic mass is 79.9. The number of pyridine rings is 1. The first kappa shape index (κ1) is 16.2. The van der Waals surface area contributed by atoms with E-state index in [0.717, 1.165) is 5.56 Å². The third-order valence-electron chi connectivity index (χ3n) is 2.75. The minimum atomic E-state index is -3.69. The average Bonchev–Trinajstić information content (AvgIpc) is 2.43. The third-order valence-corrected chi connectivity index (χ3v) is 5.60.